The Hall–Kier alpha value is -1.45. The Bertz CT molecular complexity index is 588. The number of benzene rings is 2. The summed E-state index contributed by atoms with van der Waals surface area (Å²) in [5.41, 5.74) is 2.99. The minimum Gasteiger partial charge on any atom is -0.366 e. The summed E-state index contributed by atoms with van der Waals surface area (Å²) in [6.45, 7) is 4.34. The number of hydrogen-bond donors (Lipinski definition) is 0. The molecule has 0 N–H and O–H groups in total. The molecule has 0 fully saturated rings. The monoisotopic (exact) mass is 346 g/mol. The SMILES string of the molecule is CCc1ccc(C(=O)C(C)OCc2ccc(Br)cc2)cc1. The van der Waals surface area contributed by atoms with Crippen molar-refractivity contribution in [3.05, 3.63) is 69.7 Å². The van der Waals surface area contributed by atoms with Gasteiger partial charge in [-0.05, 0) is 36.6 Å². The minimum absolute atomic E-state index is 0.0229. The molecule has 110 valence electrons. The maximum absolute atomic E-state index is 12.3. The zero-order valence-electron chi connectivity index (χ0n) is 12.3. The van der Waals surface area contributed by atoms with E-state index in [1.165, 1.54) is 5.56 Å². The van der Waals surface area contributed by atoms with Crippen LogP contribution in [0, 0.1) is 0 Å². The van der Waals surface area contributed by atoms with Gasteiger partial charge in [0.15, 0.2) is 5.78 Å². The molecule has 0 bridgehead atoms. The highest BCUT2D eigenvalue weighted by atomic mass is 79.9. The predicted molar refractivity (Wildman–Crippen MR) is 88.5 cm³/mol. The number of Topliss-reactive ketones (excluding diaryl/α,β-unsaturated/α-hetero) is 1. The molecule has 0 heterocycles. The van der Waals surface area contributed by atoms with Crippen LogP contribution in [0.2, 0.25) is 0 Å². The number of ketones is 1. The topological polar surface area (TPSA) is 26.3 Å². The number of rotatable bonds is 6. The van der Waals surface area contributed by atoms with Crippen molar-refractivity contribution in [3.8, 4) is 0 Å². The Morgan fingerprint density at radius 2 is 1.62 bits per heavy atom. The van der Waals surface area contributed by atoms with Gasteiger partial charge in [-0.1, -0.05) is 59.3 Å². The summed E-state index contributed by atoms with van der Waals surface area (Å²) in [6.07, 6.45) is 0.533. The van der Waals surface area contributed by atoms with Crippen molar-refractivity contribution >= 4 is 21.7 Å². The van der Waals surface area contributed by atoms with Crippen molar-refractivity contribution in [1.29, 1.82) is 0 Å². The first-order valence-electron chi connectivity index (χ1n) is 7.09. The van der Waals surface area contributed by atoms with Crippen LogP contribution in [0.15, 0.2) is 53.0 Å². The molecule has 0 aliphatic heterocycles. The van der Waals surface area contributed by atoms with E-state index in [2.05, 4.69) is 22.9 Å². The standard InChI is InChI=1S/C18H19BrO2/c1-3-14-4-8-16(9-5-14)18(20)13(2)21-12-15-6-10-17(19)11-7-15/h4-11,13H,3,12H2,1-2H3. The second-order valence-electron chi connectivity index (χ2n) is 4.99. The van der Waals surface area contributed by atoms with Crippen molar-refractivity contribution in [2.75, 3.05) is 0 Å². The van der Waals surface area contributed by atoms with Crippen LogP contribution in [0.3, 0.4) is 0 Å². The molecule has 0 radical (unpaired) electrons. The lowest BCUT2D eigenvalue weighted by molar-refractivity contribution is 0.0412. The number of carbonyl (C=O) groups is 1. The predicted octanol–water partition coefficient (Wildman–Crippen LogP) is 4.80. The van der Waals surface area contributed by atoms with Crippen molar-refractivity contribution in [3.63, 3.8) is 0 Å². The highest BCUT2D eigenvalue weighted by Gasteiger charge is 2.15. The molecule has 1 atom stereocenters. The largest absolute Gasteiger partial charge is 0.366 e. The lowest BCUT2D eigenvalue weighted by Gasteiger charge is -2.12. The van der Waals surface area contributed by atoms with E-state index in [1.54, 1.807) is 6.92 Å². The van der Waals surface area contributed by atoms with E-state index in [9.17, 15) is 4.79 Å². The van der Waals surface area contributed by atoms with E-state index in [1.807, 2.05) is 48.5 Å². The van der Waals surface area contributed by atoms with Crippen molar-refractivity contribution in [1.82, 2.24) is 0 Å². The molecular weight excluding hydrogens is 328 g/mol. The fourth-order valence-electron chi connectivity index (χ4n) is 2.02. The van der Waals surface area contributed by atoms with Gasteiger partial charge in [-0.25, -0.2) is 0 Å². The van der Waals surface area contributed by atoms with Gasteiger partial charge in [0.05, 0.1) is 6.61 Å². The molecule has 0 spiro atoms. The molecular formula is C18H19BrO2. The molecule has 0 saturated carbocycles. The Balaban J connectivity index is 1.93. The fourth-order valence-corrected chi connectivity index (χ4v) is 2.28. The van der Waals surface area contributed by atoms with Gasteiger partial charge in [-0.2, -0.15) is 0 Å². The number of carbonyl (C=O) groups excluding carboxylic acids is 1. The quantitative estimate of drug-likeness (QED) is 0.702. The maximum Gasteiger partial charge on any atom is 0.191 e. The zero-order valence-corrected chi connectivity index (χ0v) is 13.9. The summed E-state index contributed by atoms with van der Waals surface area (Å²) in [7, 11) is 0. The summed E-state index contributed by atoms with van der Waals surface area (Å²) < 4.78 is 6.71. The third-order valence-corrected chi connectivity index (χ3v) is 3.96. The van der Waals surface area contributed by atoms with Crippen molar-refractivity contribution < 1.29 is 9.53 Å². The maximum atomic E-state index is 12.3. The van der Waals surface area contributed by atoms with Crippen LogP contribution in [0.25, 0.3) is 0 Å². The van der Waals surface area contributed by atoms with Gasteiger partial charge in [0.1, 0.15) is 6.10 Å². The zero-order chi connectivity index (χ0) is 15.2. The smallest absolute Gasteiger partial charge is 0.191 e. The average molecular weight is 347 g/mol. The van der Waals surface area contributed by atoms with Crippen LogP contribution in [0.5, 0.6) is 0 Å². The lowest BCUT2D eigenvalue weighted by atomic mass is 10.0. The molecule has 21 heavy (non-hydrogen) atoms. The molecule has 0 aliphatic carbocycles. The summed E-state index contributed by atoms with van der Waals surface area (Å²) in [5, 5.41) is 0. The summed E-state index contributed by atoms with van der Waals surface area (Å²) in [5.74, 6) is 0.0229. The second-order valence-corrected chi connectivity index (χ2v) is 5.91. The van der Waals surface area contributed by atoms with Gasteiger partial charge in [0.2, 0.25) is 0 Å². The first-order valence-corrected chi connectivity index (χ1v) is 7.88. The van der Waals surface area contributed by atoms with Gasteiger partial charge in [0.25, 0.3) is 0 Å². The molecule has 2 nitrogen and oxygen atoms in total. The van der Waals surface area contributed by atoms with Crippen molar-refractivity contribution in [2.24, 2.45) is 0 Å². The van der Waals surface area contributed by atoms with Gasteiger partial charge in [-0.3, -0.25) is 4.79 Å². The molecule has 3 heteroatoms. The number of ether oxygens (including phenoxy) is 1. The normalized spacial score (nSPS) is 12.1. The van der Waals surface area contributed by atoms with Crippen LogP contribution >= 0.6 is 15.9 Å². The second kappa shape index (κ2) is 7.53. The Morgan fingerprint density at radius 1 is 1.05 bits per heavy atom. The van der Waals surface area contributed by atoms with E-state index < -0.39 is 6.10 Å². The van der Waals surface area contributed by atoms with Gasteiger partial charge in [-0.15, -0.1) is 0 Å². The van der Waals surface area contributed by atoms with Gasteiger partial charge < -0.3 is 4.74 Å². The molecule has 0 saturated heterocycles. The van der Waals surface area contributed by atoms with Crippen LogP contribution in [0.1, 0.15) is 35.3 Å². The molecule has 0 aromatic heterocycles. The van der Waals surface area contributed by atoms with Crippen molar-refractivity contribution in [2.45, 2.75) is 33.0 Å². The van der Waals surface area contributed by atoms with E-state index >= 15 is 0 Å². The fraction of sp³-hybridized carbons (Fsp3) is 0.278. The third kappa shape index (κ3) is 4.51. The van der Waals surface area contributed by atoms with Crippen LogP contribution in [-0.2, 0) is 17.8 Å². The van der Waals surface area contributed by atoms with E-state index in [0.29, 0.717) is 12.2 Å². The number of halogens is 1. The van der Waals surface area contributed by atoms with Crippen LogP contribution in [-0.4, -0.2) is 11.9 Å². The molecule has 2 rings (SSSR count). The average Bonchev–Trinajstić information content (AvgIpc) is 2.53. The first-order chi connectivity index (χ1) is 10.1. The number of aryl methyl sites for hydroxylation is 1. The first kappa shape index (κ1) is 15.9. The summed E-state index contributed by atoms with van der Waals surface area (Å²) in [6, 6.07) is 15.6. The van der Waals surface area contributed by atoms with Crippen LogP contribution < -0.4 is 0 Å². The Morgan fingerprint density at radius 3 is 2.19 bits per heavy atom. The Kier molecular flexibility index (Phi) is 5.71. The minimum atomic E-state index is -0.443. The lowest BCUT2D eigenvalue weighted by Crippen LogP contribution is -2.20. The van der Waals surface area contributed by atoms with Crippen LogP contribution in [0.4, 0.5) is 0 Å². The molecule has 0 aliphatic rings. The third-order valence-electron chi connectivity index (χ3n) is 3.43. The molecule has 2 aromatic carbocycles. The molecule has 0 amide bonds. The summed E-state index contributed by atoms with van der Waals surface area (Å²) >= 11 is 3.40. The van der Waals surface area contributed by atoms with E-state index in [4.69, 9.17) is 4.74 Å². The highest BCUT2D eigenvalue weighted by Crippen LogP contribution is 2.14. The van der Waals surface area contributed by atoms with E-state index in [-0.39, 0.29) is 5.78 Å². The molecule has 2 aromatic rings. The van der Waals surface area contributed by atoms with E-state index in [0.717, 1.165) is 16.5 Å². The summed E-state index contributed by atoms with van der Waals surface area (Å²) in [4.78, 5) is 12.3. The van der Waals surface area contributed by atoms with Gasteiger partial charge in [0, 0.05) is 10.0 Å². The molecule has 1 unspecified atom stereocenters. The van der Waals surface area contributed by atoms with Gasteiger partial charge >= 0.3 is 0 Å². The Labute approximate surface area is 134 Å². The number of hydrogen-bond acceptors (Lipinski definition) is 2. The highest BCUT2D eigenvalue weighted by molar-refractivity contribution is 9.10.